The molecule has 8 nitrogen and oxygen atoms in total. The zero-order valence-corrected chi connectivity index (χ0v) is 17.0. The van der Waals surface area contributed by atoms with Crippen LogP contribution < -0.4 is 20.7 Å². The summed E-state index contributed by atoms with van der Waals surface area (Å²) in [6.07, 6.45) is 0.754. The van der Waals surface area contributed by atoms with E-state index in [0.29, 0.717) is 24.5 Å². The first-order valence-corrected chi connectivity index (χ1v) is 10.9. The highest BCUT2D eigenvalue weighted by atomic mass is 35.5. The summed E-state index contributed by atoms with van der Waals surface area (Å²) in [6.45, 7) is 0.755. The number of hydrogen-bond acceptors (Lipinski definition) is 4. The predicted octanol–water partition coefficient (Wildman–Crippen LogP) is 1.63. The van der Waals surface area contributed by atoms with Crippen LogP contribution in [0.15, 0.2) is 53.4 Å². The Labute approximate surface area is 174 Å². The molecule has 0 saturated carbocycles. The summed E-state index contributed by atoms with van der Waals surface area (Å²) in [7, 11) is -3.72. The van der Waals surface area contributed by atoms with Gasteiger partial charge in [-0.2, -0.15) is 0 Å². The maximum atomic E-state index is 12.2. The standard InChI is InChI=1S/C19H21ClN4O4S/c20-14-3-5-16(6-4-14)24-12-15(11-18(24)25)23-19(26)22-10-9-13-1-7-17(8-2-13)29(21,27)28/h1-8,15H,9-12H2,(H2,21,27,28)(H2,22,23,26)/t15-/m1/s1. The van der Waals surface area contributed by atoms with Gasteiger partial charge < -0.3 is 15.5 Å². The molecule has 1 fully saturated rings. The van der Waals surface area contributed by atoms with Crippen molar-refractivity contribution in [3.05, 3.63) is 59.1 Å². The van der Waals surface area contributed by atoms with Crippen molar-refractivity contribution in [3.8, 4) is 0 Å². The van der Waals surface area contributed by atoms with Crippen molar-refractivity contribution in [1.82, 2.24) is 10.6 Å². The van der Waals surface area contributed by atoms with Gasteiger partial charge in [-0.25, -0.2) is 18.4 Å². The van der Waals surface area contributed by atoms with E-state index in [1.165, 1.54) is 12.1 Å². The largest absolute Gasteiger partial charge is 0.338 e. The van der Waals surface area contributed by atoms with Crippen LogP contribution in [0.2, 0.25) is 5.02 Å². The summed E-state index contributed by atoms with van der Waals surface area (Å²) >= 11 is 5.87. The SMILES string of the molecule is NS(=O)(=O)c1ccc(CCNC(=O)N[C@@H]2CC(=O)N(c3ccc(Cl)cc3)C2)cc1. The Morgan fingerprint density at radius 2 is 1.79 bits per heavy atom. The maximum Gasteiger partial charge on any atom is 0.315 e. The summed E-state index contributed by atoms with van der Waals surface area (Å²) in [5, 5.41) is 11.2. The number of rotatable bonds is 6. The number of amides is 3. The van der Waals surface area contributed by atoms with Gasteiger partial charge in [0.15, 0.2) is 0 Å². The fourth-order valence-corrected chi connectivity index (χ4v) is 3.72. The molecular weight excluding hydrogens is 416 g/mol. The number of primary sulfonamides is 1. The molecule has 0 aromatic heterocycles. The van der Waals surface area contributed by atoms with Gasteiger partial charge in [0.2, 0.25) is 15.9 Å². The molecule has 1 saturated heterocycles. The van der Waals surface area contributed by atoms with Crippen LogP contribution in [0.5, 0.6) is 0 Å². The predicted molar refractivity (Wildman–Crippen MR) is 110 cm³/mol. The number of nitrogens with one attached hydrogen (secondary N) is 2. The third-order valence-electron chi connectivity index (χ3n) is 4.55. The second-order valence-corrected chi connectivity index (χ2v) is 8.72. The minimum absolute atomic E-state index is 0.0445. The fourth-order valence-electron chi connectivity index (χ4n) is 3.08. The van der Waals surface area contributed by atoms with Gasteiger partial charge in [-0.15, -0.1) is 0 Å². The Hall–Kier alpha value is -2.62. The van der Waals surface area contributed by atoms with Gasteiger partial charge in [-0.3, -0.25) is 4.79 Å². The molecule has 29 heavy (non-hydrogen) atoms. The number of urea groups is 1. The molecule has 4 N–H and O–H groups in total. The van der Waals surface area contributed by atoms with Crippen molar-refractivity contribution in [2.75, 3.05) is 18.0 Å². The molecule has 1 heterocycles. The topological polar surface area (TPSA) is 122 Å². The van der Waals surface area contributed by atoms with Crippen LogP contribution in [0.3, 0.4) is 0 Å². The minimum Gasteiger partial charge on any atom is -0.338 e. The van der Waals surface area contributed by atoms with E-state index in [2.05, 4.69) is 10.6 Å². The third-order valence-corrected chi connectivity index (χ3v) is 5.73. The van der Waals surface area contributed by atoms with E-state index >= 15 is 0 Å². The summed E-state index contributed by atoms with van der Waals surface area (Å²) in [5.74, 6) is -0.0624. The van der Waals surface area contributed by atoms with Gasteiger partial charge in [-0.1, -0.05) is 23.7 Å². The second kappa shape index (κ2) is 8.81. The minimum atomic E-state index is -3.72. The lowest BCUT2D eigenvalue weighted by atomic mass is 10.1. The number of anilines is 1. The van der Waals surface area contributed by atoms with E-state index in [0.717, 1.165) is 11.3 Å². The van der Waals surface area contributed by atoms with E-state index < -0.39 is 10.0 Å². The van der Waals surface area contributed by atoms with Crippen LogP contribution in [0, 0.1) is 0 Å². The molecule has 0 bridgehead atoms. The summed E-state index contributed by atoms with van der Waals surface area (Å²) in [6, 6.07) is 12.5. The van der Waals surface area contributed by atoms with Gasteiger partial charge in [-0.05, 0) is 48.4 Å². The van der Waals surface area contributed by atoms with Crippen LogP contribution in [-0.4, -0.2) is 39.5 Å². The zero-order chi connectivity index (χ0) is 21.0. The smallest absolute Gasteiger partial charge is 0.315 e. The van der Waals surface area contributed by atoms with Gasteiger partial charge in [0, 0.05) is 30.2 Å². The zero-order valence-electron chi connectivity index (χ0n) is 15.5. The highest BCUT2D eigenvalue weighted by Gasteiger charge is 2.31. The summed E-state index contributed by atoms with van der Waals surface area (Å²) in [4.78, 5) is 26.0. The molecular formula is C19H21ClN4O4S. The Balaban J connectivity index is 1.45. The van der Waals surface area contributed by atoms with E-state index in [4.69, 9.17) is 16.7 Å². The molecule has 3 rings (SSSR count). The van der Waals surface area contributed by atoms with Crippen LogP contribution >= 0.6 is 11.6 Å². The molecule has 0 radical (unpaired) electrons. The Kier molecular flexibility index (Phi) is 6.41. The van der Waals surface area contributed by atoms with Crippen molar-refractivity contribution in [1.29, 1.82) is 0 Å². The van der Waals surface area contributed by atoms with E-state index in [1.807, 2.05) is 0 Å². The highest BCUT2D eigenvalue weighted by molar-refractivity contribution is 7.89. The lowest BCUT2D eigenvalue weighted by Crippen LogP contribution is -2.43. The van der Waals surface area contributed by atoms with E-state index in [9.17, 15) is 18.0 Å². The van der Waals surface area contributed by atoms with Crippen molar-refractivity contribution in [3.63, 3.8) is 0 Å². The average molecular weight is 437 g/mol. The Morgan fingerprint density at radius 1 is 1.14 bits per heavy atom. The lowest BCUT2D eigenvalue weighted by Gasteiger charge is -2.17. The number of carbonyl (C=O) groups excluding carboxylic acids is 2. The fraction of sp³-hybridized carbons (Fsp3) is 0.263. The number of hydrogen-bond donors (Lipinski definition) is 3. The van der Waals surface area contributed by atoms with Crippen LogP contribution in [0.25, 0.3) is 0 Å². The van der Waals surface area contributed by atoms with Crippen molar-refractivity contribution in [2.45, 2.75) is 23.8 Å². The van der Waals surface area contributed by atoms with Crippen molar-refractivity contribution >= 4 is 39.2 Å². The molecule has 10 heteroatoms. The molecule has 3 amide bonds. The number of carbonyl (C=O) groups is 2. The molecule has 1 aliphatic rings. The normalized spacial score (nSPS) is 16.7. The summed E-state index contributed by atoms with van der Waals surface area (Å²) < 4.78 is 22.5. The van der Waals surface area contributed by atoms with Gasteiger partial charge >= 0.3 is 6.03 Å². The Morgan fingerprint density at radius 3 is 2.41 bits per heavy atom. The number of sulfonamides is 1. The molecule has 0 spiro atoms. The number of nitrogens with two attached hydrogens (primary N) is 1. The molecule has 154 valence electrons. The Bertz CT molecular complexity index is 994. The first kappa shape index (κ1) is 21.1. The van der Waals surface area contributed by atoms with Crippen LogP contribution in [0.4, 0.5) is 10.5 Å². The first-order chi connectivity index (χ1) is 13.7. The maximum absolute atomic E-state index is 12.2. The van der Waals surface area contributed by atoms with E-state index in [1.54, 1.807) is 41.3 Å². The molecule has 1 atom stereocenters. The molecule has 0 aliphatic carbocycles. The second-order valence-electron chi connectivity index (χ2n) is 6.72. The number of nitrogens with zero attached hydrogens (tertiary/aromatic N) is 1. The van der Waals surface area contributed by atoms with Gasteiger partial charge in [0.1, 0.15) is 0 Å². The molecule has 0 unspecified atom stereocenters. The van der Waals surface area contributed by atoms with Crippen LogP contribution in [0.1, 0.15) is 12.0 Å². The summed E-state index contributed by atoms with van der Waals surface area (Å²) in [5.41, 5.74) is 1.61. The highest BCUT2D eigenvalue weighted by Crippen LogP contribution is 2.23. The lowest BCUT2D eigenvalue weighted by molar-refractivity contribution is -0.117. The van der Waals surface area contributed by atoms with Gasteiger partial charge in [0.05, 0.1) is 10.9 Å². The quantitative estimate of drug-likeness (QED) is 0.637. The van der Waals surface area contributed by atoms with Crippen molar-refractivity contribution in [2.24, 2.45) is 5.14 Å². The molecule has 1 aliphatic heterocycles. The number of benzene rings is 2. The van der Waals surface area contributed by atoms with Gasteiger partial charge in [0.25, 0.3) is 0 Å². The number of halogens is 1. The van der Waals surface area contributed by atoms with Crippen LogP contribution in [-0.2, 0) is 21.2 Å². The first-order valence-electron chi connectivity index (χ1n) is 8.94. The molecule has 2 aromatic carbocycles. The molecule has 2 aromatic rings. The third kappa shape index (κ3) is 5.69. The van der Waals surface area contributed by atoms with E-state index in [-0.39, 0.29) is 29.3 Å². The van der Waals surface area contributed by atoms with Crippen molar-refractivity contribution < 1.29 is 18.0 Å². The monoisotopic (exact) mass is 436 g/mol. The average Bonchev–Trinajstić information content (AvgIpc) is 3.02.